The first-order valence-corrected chi connectivity index (χ1v) is 13.5. The molecule has 2 heterocycles. The van der Waals surface area contributed by atoms with E-state index in [-0.39, 0.29) is 35.9 Å². The molecular formula is C26H40N4O6S. The smallest absolute Gasteiger partial charge is 0.355 e. The highest BCUT2D eigenvalue weighted by molar-refractivity contribution is 7.09. The van der Waals surface area contributed by atoms with E-state index in [0.29, 0.717) is 17.0 Å². The number of nitrogens with zero attached hydrogens (tertiary/aromatic N) is 3. The lowest BCUT2D eigenvalue weighted by Gasteiger charge is -2.37. The number of hydrogen-bond acceptors (Lipinski definition) is 8. The number of nitrogens with one attached hydrogen (secondary N) is 1. The van der Waals surface area contributed by atoms with Crippen LogP contribution in [0.3, 0.4) is 0 Å². The van der Waals surface area contributed by atoms with Gasteiger partial charge in [0.05, 0.1) is 12.1 Å². The van der Waals surface area contributed by atoms with Crippen LogP contribution in [0, 0.1) is 5.92 Å². The van der Waals surface area contributed by atoms with Crippen LogP contribution in [0.1, 0.15) is 81.4 Å². The standard InChI is InChI=1S/C26H40N4O6S/c1-8-16(4)22(28-23(32)19-11-9-10-12-29(19)6)25(33)30(7)20(15(2)3)13-21(36-17(5)31)24-27-18(14-37-24)26(34)35/h14,16,19-22H,2,8-13H2,1,3-7H3,(H,28,32)(H,34,35)/t16-,19+,20+,21+,22-/m0/s1. The van der Waals surface area contributed by atoms with Gasteiger partial charge in [0.2, 0.25) is 11.8 Å². The lowest BCUT2D eigenvalue weighted by atomic mass is 9.94. The fraction of sp³-hybridized carbons (Fsp3) is 0.654. The summed E-state index contributed by atoms with van der Waals surface area (Å²) < 4.78 is 5.49. The number of carbonyl (C=O) groups excluding carboxylic acids is 3. The van der Waals surface area contributed by atoms with E-state index in [1.165, 1.54) is 17.2 Å². The molecular weight excluding hydrogens is 496 g/mol. The second kappa shape index (κ2) is 13.7. The van der Waals surface area contributed by atoms with Crippen LogP contribution in [-0.2, 0) is 19.1 Å². The molecule has 0 radical (unpaired) electrons. The van der Waals surface area contributed by atoms with Crippen molar-refractivity contribution in [1.29, 1.82) is 0 Å². The number of rotatable bonds is 12. The van der Waals surface area contributed by atoms with E-state index in [1.807, 2.05) is 25.8 Å². The van der Waals surface area contributed by atoms with Gasteiger partial charge in [0.25, 0.3) is 0 Å². The number of hydrogen-bond donors (Lipinski definition) is 2. The second-order valence-electron chi connectivity index (χ2n) is 9.89. The molecule has 1 aliphatic rings. The zero-order chi connectivity index (χ0) is 27.9. The highest BCUT2D eigenvalue weighted by Gasteiger charge is 2.36. The molecule has 1 saturated heterocycles. The molecule has 0 aromatic carbocycles. The molecule has 1 fully saturated rings. The number of thiazole rings is 1. The predicted molar refractivity (Wildman–Crippen MR) is 141 cm³/mol. The van der Waals surface area contributed by atoms with Crippen LogP contribution in [0.4, 0.5) is 0 Å². The van der Waals surface area contributed by atoms with E-state index in [1.54, 1.807) is 14.0 Å². The predicted octanol–water partition coefficient (Wildman–Crippen LogP) is 3.25. The second-order valence-corrected chi connectivity index (χ2v) is 10.8. The fourth-order valence-electron chi connectivity index (χ4n) is 4.54. The Kier molecular flexibility index (Phi) is 11.2. The Hall–Kier alpha value is -2.79. The SMILES string of the molecule is C=C(C)[C@@H](C[C@@H](OC(C)=O)c1nc(C(=O)O)cs1)N(C)C(=O)[C@@H](NC(=O)[C@H]1CCCCN1C)[C@@H](C)CC. The molecule has 0 bridgehead atoms. The van der Waals surface area contributed by atoms with E-state index in [0.717, 1.165) is 37.1 Å². The monoisotopic (exact) mass is 536 g/mol. The molecule has 2 rings (SSSR count). The Bertz CT molecular complexity index is 995. The van der Waals surface area contributed by atoms with Gasteiger partial charge in [-0.05, 0) is 39.3 Å². The van der Waals surface area contributed by atoms with Gasteiger partial charge in [-0.15, -0.1) is 11.3 Å². The zero-order valence-electron chi connectivity index (χ0n) is 22.7. The largest absolute Gasteiger partial charge is 0.476 e. The van der Waals surface area contributed by atoms with Gasteiger partial charge in [-0.2, -0.15) is 0 Å². The summed E-state index contributed by atoms with van der Waals surface area (Å²) in [4.78, 5) is 57.8. The van der Waals surface area contributed by atoms with Crippen molar-refractivity contribution in [2.75, 3.05) is 20.6 Å². The molecule has 10 nitrogen and oxygen atoms in total. The summed E-state index contributed by atoms with van der Waals surface area (Å²) in [7, 11) is 3.57. The fourth-order valence-corrected chi connectivity index (χ4v) is 5.37. The van der Waals surface area contributed by atoms with Crippen molar-refractivity contribution >= 4 is 35.1 Å². The molecule has 1 aliphatic heterocycles. The first-order valence-electron chi connectivity index (χ1n) is 12.7. The zero-order valence-corrected chi connectivity index (χ0v) is 23.5. The molecule has 37 heavy (non-hydrogen) atoms. The molecule has 1 aromatic rings. The maximum Gasteiger partial charge on any atom is 0.355 e. The van der Waals surface area contributed by atoms with Crippen molar-refractivity contribution in [1.82, 2.24) is 20.1 Å². The maximum atomic E-state index is 13.8. The minimum Gasteiger partial charge on any atom is -0.476 e. The van der Waals surface area contributed by atoms with Crippen LogP contribution in [0.2, 0.25) is 0 Å². The first kappa shape index (κ1) is 30.4. The van der Waals surface area contributed by atoms with Crippen molar-refractivity contribution in [3.05, 3.63) is 28.2 Å². The highest BCUT2D eigenvalue weighted by atomic mass is 32.1. The topological polar surface area (TPSA) is 129 Å². The molecule has 2 amide bonds. The quantitative estimate of drug-likeness (QED) is 0.308. The summed E-state index contributed by atoms with van der Waals surface area (Å²) in [6.45, 7) is 11.8. The molecule has 1 aromatic heterocycles. The first-order chi connectivity index (χ1) is 17.4. The molecule has 206 valence electrons. The van der Waals surface area contributed by atoms with Crippen LogP contribution in [0.5, 0.6) is 0 Å². The van der Waals surface area contributed by atoms with Gasteiger partial charge in [-0.25, -0.2) is 9.78 Å². The van der Waals surface area contributed by atoms with Crippen molar-refractivity contribution in [3.8, 4) is 0 Å². The van der Waals surface area contributed by atoms with Crippen LogP contribution >= 0.6 is 11.3 Å². The third kappa shape index (κ3) is 8.10. The molecule has 0 unspecified atom stereocenters. The van der Waals surface area contributed by atoms with E-state index < -0.39 is 30.1 Å². The Morgan fingerprint density at radius 2 is 2.00 bits per heavy atom. The number of carboxylic acid groups (broad SMARTS) is 1. The van der Waals surface area contributed by atoms with Gasteiger partial charge in [0.15, 0.2) is 11.8 Å². The lowest BCUT2D eigenvalue weighted by molar-refractivity contribution is -0.148. The molecule has 0 aliphatic carbocycles. The van der Waals surface area contributed by atoms with Crippen molar-refractivity contribution in [3.63, 3.8) is 0 Å². The van der Waals surface area contributed by atoms with Gasteiger partial charge in [0.1, 0.15) is 11.0 Å². The summed E-state index contributed by atoms with van der Waals surface area (Å²) in [6.07, 6.45) is 2.75. The number of carboxylic acids is 1. The van der Waals surface area contributed by atoms with E-state index in [9.17, 15) is 24.3 Å². The molecule has 5 atom stereocenters. The number of esters is 1. The third-order valence-corrected chi connectivity index (χ3v) is 7.93. The number of aromatic nitrogens is 1. The van der Waals surface area contributed by atoms with E-state index in [4.69, 9.17) is 4.74 Å². The van der Waals surface area contributed by atoms with Crippen LogP contribution in [-0.4, -0.2) is 82.4 Å². The van der Waals surface area contributed by atoms with Gasteiger partial charge in [-0.3, -0.25) is 19.3 Å². The molecule has 0 spiro atoms. The Morgan fingerprint density at radius 3 is 2.51 bits per heavy atom. The van der Waals surface area contributed by atoms with Crippen molar-refractivity contribution < 1.29 is 29.0 Å². The summed E-state index contributed by atoms with van der Waals surface area (Å²) in [5.74, 6) is -2.25. The van der Waals surface area contributed by atoms with Crippen molar-refractivity contribution in [2.24, 2.45) is 5.92 Å². The highest BCUT2D eigenvalue weighted by Crippen LogP contribution is 2.30. The van der Waals surface area contributed by atoms with Gasteiger partial charge in [0, 0.05) is 25.8 Å². The molecule has 0 saturated carbocycles. The summed E-state index contributed by atoms with van der Waals surface area (Å²) in [6, 6.07) is -1.54. The van der Waals surface area contributed by atoms with Crippen LogP contribution in [0.15, 0.2) is 17.5 Å². The number of amides is 2. The Balaban J connectivity index is 2.28. The number of piperidine rings is 1. The van der Waals surface area contributed by atoms with Gasteiger partial charge < -0.3 is 20.1 Å². The Labute approximate surface area is 223 Å². The Morgan fingerprint density at radius 1 is 1.32 bits per heavy atom. The maximum absolute atomic E-state index is 13.8. The minimum atomic E-state index is -1.18. The molecule has 11 heteroatoms. The number of likely N-dealkylation sites (tertiary alicyclic amines) is 1. The number of ether oxygens (including phenoxy) is 1. The normalized spacial score (nSPS) is 19.2. The third-order valence-electron chi connectivity index (χ3n) is 7.00. The van der Waals surface area contributed by atoms with E-state index in [2.05, 4.69) is 16.9 Å². The average molecular weight is 537 g/mol. The summed E-state index contributed by atoms with van der Waals surface area (Å²) in [5, 5.41) is 14.0. The van der Waals surface area contributed by atoms with Crippen molar-refractivity contribution in [2.45, 2.75) is 84.0 Å². The molecule has 2 N–H and O–H groups in total. The van der Waals surface area contributed by atoms with E-state index >= 15 is 0 Å². The average Bonchev–Trinajstić information content (AvgIpc) is 3.34. The van der Waals surface area contributed by atoms with Gasteiger partial charge in [-0.1, -0.05) is 38.8 Å². The summed E-state index contributed by atoms with van der Waals surface area (Å²) >= 11 is 1.08. The number of likely N-dealkylation sites (N-methyl/N-ethyl adjacent to an activating group) is 2. The van der Waals surface area contributed by atoms with Crippen LogP contribution < -0.4 is 5.32 Å². The number of carbonyl (C=O) groups is 4. The summed E-state index contributed by atoms with van der Waals surface area (Å²) in [5.41, 5.74) is 0.518. The van der Waals surface area contributed by atoms with Crippen LogP contribution in [0.25, 0.3) is 0 Å². The minimum absolute atomic E-state index is 0.111. The lowest BCUT2D eigenvalue weighted by Crippen LogP contribution is -2.57. The number of aromatic carboxylic acids is 1. The van der Waals surface area contributed by atoms with Gasteiger partial charge >= 0.3 is 11.9 Å².